The number of hydrogen-bond donors (Lipinski definition) is 7. The topological polar surface area (TPSA) is 180 Å². The van der Waals surface area contributed by atoms with E-state index in [1.54, 1.807) is 0 Å². The number of anilines is 1. The molecule has 0 bridgehead atoms. The molecule has 0 saturated carbocycles. The van der Waals surface area contributed by atoms with Crippen molar-refractivity contribution in [2.45, 2.75) is 24.4 Å². The number of hydrogen-bond acceptors (Lipinski definition) is 10. The predicted octanol–water partition coefficient (Wildman–Crippen LogP) is -1.66. The Morgan fingerprint density at radius 3 is 2.65 bits per heavy atom. The van der Waals surface area contributed by atoms with Crippen LogP contribution in [0.25, 0.3) is 22.1 Å². The maximum Gasteiger partial charge on any atom is 0.265 e. The Hall–Kier alpha value is -2.70. The molecule has 4 unspecified atom stereocenters. The first-order valence-electron chi connectivity index (χ1n) is 7.74. The summed E-state index contributed by atoms with van der Waals surface area (Å²) < 4.78 is 0. The first-order chi connectivity index (χ1) is 12.5. The lowest BCUT2D eigenvalue weighted by atomic mass is 10.0. The quantitative estimate of drug-likeness (QED) is 0.191. The largest absolute Gasteiger partial charge is 0.394 e. The second-order valence-corrected chi connectivity index (χ2v) is 5.61. The Morgan fingerprint density at radius 2 is 1.88 bits per heavy atom. The van der Waals surface area contributed by atoms with Crippen LogP contribution in [-0.4, -0.2) is 82.9 Å². The number of fused-ring (bicyclic) bond motifs is 3. The maximum absolute atomic E-state index is 9.72. The molecule has 2 aromatic heterocycles. The van der Waals surface area contributed by atoms with Crippen molar-refractivity contribution in [2.24, 2.45) is 5.10 Å². The molecule has 0 aliphatic carbocycles. The lowest BCUT2D eigenvalue weighted by Gasteiger charge is -2.23. The highest BCUT2D eigenvalue weighted by Gasteiger charge is 2.29. The molecular weight excluding hydrogens is 344 g/mol. The summed E-state index contributed by atoms with van der Waals surface area (Å²) in [6.07, 6.45) is -5.75. The first-order valence-corrected chi connectivity index (χ1v) is 7.74. The highest BCUT2D eigenvalue weighted by molar-refractivity contribution is 6.03. The zero-order chi connectivity index (χ0) is 18.7. The van der Waals surface area contributed by atoms with Gasteiger partial charge in [0.05, 0.1) is 12.8 Å². The fourth-order valence-corrected chi connectivity index (χ4v) is 2.37. The lowest BCUT2D eigenvalue weighted by molar-refractivity contribution is -0.0999. The van der Waals surface area contributed by atoms with E-state index in [4.69, 9.17) is 5.11 Å². The third kappa shape index (κ3) is 3.61. The summed E-state index contributed by atoms with van der Waals surface area (Å²) in [7, 11) is 0. The average Bonchev–Trinajstić information content (AvgIpc) is 3.03. The smallest absolute Gasteiger partial charge is 0.265 e. The summed E-state index contributed by atoms with van der Waals surface area (Å²) in [6, 6.07) is 7.53. The molecule has 26 heavy (non-hydrogen) atoms. The van der Waals surface area contributed by atoms with Crippen LogP contribution in [0.5, 0.6) is 0 Å². The fourth-order valence-electron chi connectivity index (χ4n) is 2.37. The molecule has 11 nitrogen and oxygen atoms in total. The molecule has 1 aromatic carbocycles. The molecule has 7 N–H and O–H groups in total. The monoisotopic (exact) mass is 362 g/mol. The Balaban J connectivity index is 1.69. The van der Waals surface area contributed by atoms with Gasteiger partial charge >= 0.3 is 0 Å². The zero-order valence-electron chi connectivity index (χ0n) is 13.4. The summed E-state index contributed by atoms with van der Waals surface area (Å²) in [5, 5.41) is 59.4. The van der Waals surface area contributed by atoms with E-state index in [9.17, 15) is 20.4 Å². The minimum Gasteiger partial charge on any atom is -0.394 e. The number of H-pyrrole nitrogens is 1. The number of rotatable bonds is 7. The molecule has 0 saturated heterocycles. The van der Waals surface area contributed by atoms with Crippen LogP contribution in [0.4, 0.5) is 5.95 Å². The third-order valence-corrected chi connectivity index (χ3v) is 3.79. The van der Waals surface area contributed by atoms with Crippen molar-refractivity contribution in [3.8, 4) is 0 Å². The van der Waals surface area contributed by atoms with Crippen molar-refractivity contribution in [1.29, 1.82) is 0 Å². The number of aliphatic hydroxyl groups excluding tert-OH is 5. The number of nitrogens with one attached hydrogen (secondary N) is 2. The number of hydrazone groups is 1. The third-order valence-electron chi connectivity index (χ3n) is 3.79. The van der Waals surface area contributed by atoms with Gasteiger partial charge < -0.3 is 30.5 Å². The number of benzene rings is 1. The molecule has 2 heterocycles. The Bertz CT molecular complexity index is 916. The van der Waals surface area contributed by atoms with Crippen LogP contribution in [0, 0.1) is 0 Å². The van der Waals surface area contributed by atoms with E-state index in [1.807, 2.05) is 24.3 Å². The second-order valence-electron chi connectivity index (χ2n) is 5.61. The molecule has 3 rings (SSSR count). The lowest BCUT2D eigenvalue weighted by Crippen LogP contribution is -2.46. The van der Waals surface area contributed by atoms with Gasteiger partial charge in [-0.3, -0.25) is 0 Å². The van der Waals surface area contributed by atoms with Gasteiger partial charge in [0.15, 0.2) is 5.65 Å². The van der Waals surface area contributed by atoms with Gasteiger partial charge in [0.25, 0.3) is 5.95 Å². The van der Waals surface area contributed by atoms with E-state index >= 15 is 0 Å². The van der Waals surface area contributed by atoms with Crippen LogP contribution < -0.4 is 5.43 Å². The molecule has 3 aromatic rings. The zero-order valence-corrected chi connectivity index (χ0v) is 13.4. The second kappa shape index (κ2) is 7.68. The van der Waals surface area contributed by atoms with Gasteiger partial charge in [0, 0.05) is 10.9 Å². The van der Waals surface area contributed by atoms with Gasteiger partial charge in [-0.2, -0.15) is 10.1 Å². The first kappa shape index (κ1) is 18.1. The Morgan fingerprint density at radius 1 is 1.12 bits per heavy atom. The number of nitrogens with zero attached hydrogens (tertiary/aromatic N) is 4. The molecular formula is C15H18N6O5. The number of aromatic nitrogens is 4. The summed E-state index contributed by atoms with van der Waals surface area (Å²) in [5.41, 5.74) is 4.41. The van der Waals surface area contributed by atoms with Crippen LogP contribution in [0.2, 0.25) is 0 Å². The van der Waals surface area contributed by atoms with Gasteiger partial charge in [0.2, 0.25) is 0 Å². The van der Waals surface area contributed by atoms with E-state index in [1.165, 1.54) is 0 Å². The molecule has 0 radical (unpaired) electrons. The summed E-state index contributed by atoms with van der Waals surface area (Å²) in [5.74, 6) is 0.0536. The van der Waals surface area contributed by atoms with Crippen LogP contribution in [-0.2, 0) is 0 Å². The highest BCUT2D eigenvalue weighted by atomic mass is 16.4. The van der Waals surface area contributed by atoms with Gasteiger partial charge in [-0.25, -0.2) is 5.43 Å². The van der Waals surface area contributed by atoms with Gasteiger partial charge in [-0.15, -0.1) is 10.2 Å². The van der Waals surface area contributed by atoms with Gasteiger partial charge in [-0.05, 0) is 6.07 Å². The number of para-hydroxylation sites is 1. The van der Waals surface area contributed by atoms with Crippen LogP contribution in [0.3, 0.4) is 0 Å². The molecule has 0 aliphatic heterocycles. The minimum atomic E-state index is -1.74. The van der Waals surface area contributed by atoms with Gasteiger partial charge in [-0.1, -0.05) is 18.2 Å². The predicted molar refractivity (Wildman–Crippen MR) is 92.4 cm³/mol. The van der Waals surface area contributed by atoms with E-state index in [0.717, 1.165) is 17.1 Å². The van der Waals surface area contributed by atoms with E-state index in [2.05, 4.69) is 30.7 Å². The van der Waals surface area contributed by atoms with Crippen molar-refractivity contribution < 1.29 is 25.5 Å². The molecule has 11 heteroatoms. The van der Waals surface area contributed by atoms with Crippen molar-refractivity contribution >= 4 is 34.2 Å². The molecule has 4 atom stereocenters. The molecule has 138 valence electrons. The summed E-state index contributed by atoms with van der Waals surface area (Å²) >= 11 is 0. The van der Waals surface area contributed by atoms with Crippen molar-refractivity contribution in [3.05, 3.63) is 24.3 Å². The van der Waals surface area contributed by atoms with E-state index in [0.29, 0.717) is 11.2 Å². The minimum absolute atomic E-state index is 0.0536. The van der Waals surface area contributed by atoms with Crippen molar-refractivity contribution in [1.82, 2.24) is 20.2 Å². The van der Waals surface area contributed by atoms with Crippen LogP contribution in [0.1, 0.15) is 0 Å². The molecule has 0 fully saturated rings. The van der Waals surface area contributed by atoms with Crippen LogP contribution in [0.15, 0.2) is 29.4 Å². The van der Waals surface area contributed by atoms with Crippen molar-refractivity contribution in [3.63, 3.8) is 0 Å². The van der Waals surface area contributed by atoms with Gasteiger partial charge in [0.1, 0.15) is 29.9 Å². The van der Waals surface area contributed by atoms with E-state index in [-0.39, 0.29) is 5.95 Å². The van der Waals surface area contributed by atoms with Crippen LogP contribution >= 0.6 is 0 Å². The molecule has 0 spiro atoms. The fraction of sp³-hybridized carbons (Fsp3) is 0.333. The normalized spacial score (nSPS) is 16.8. The average molecular weight is 362 g/mol. The summed E-state index contributed by atoms with van der Waals surface area (Å²) in [6.45, 7) is -0.760. The van der Waals surface area contributed by atoms with E-state index < -0.39 is 31.0 Å². The molecule has 0 amide bonds. The highest BCUT2D eigenvalue weighted by Crippen LogP contribution is 2.21. The SMILES string of the molecule is OCC(O)C(O)C(O)C(O)/C=N/Nc1nnc2c(n1)[nH]c1ccccc12. The standard InChI is InChI=1S/C15H18N6O5/c22-6-10(24)13(26)12(25)9(23)5-16-20-15-18-14-11(19-21-15)7-3-1-2-4-8(7)17-14/h1-5,9-10,12-13,22-26H,6H2,(H2,17,18,20,21)/b16-5+. The van der Waals surface area contributed by atoms with Crippen molar-refractivity contribution in [2.75, 3.05) is 12.0 Å². The Kier molecular flexibility index (Phi) is 5.35. The number of aliphatic hydroxyl groups is 5. The maximum atomic E-state index is 9.72. The molecule has 0 aliphatic rings. The summed E-state index contributed by atoms with van der Waals surface area (Å²) in [4.78, 5) is 7.30. The number of aromatic amines is 1. The Labute approximate surface area is 146 Å².